The lowest BCUT2D eigenvalue weighted by atomic mass is 9.47. The Hall–Kier alpha value is -3.22. The SMILES string of the molecule is Cc1cn(C2=CCC3C4CC=C5CC(NC(=O)c6ccc([N+](=O)[O-])cc6)CCC5(C)C4CCC23C)cn1. The van der Waals surface area contributed by atoms with Gasteiger partial charge in [0, 0.05) is 41.0 Å². The summed E-state index contributed by atoms with van der Waals surface area (Å²) in [5.41, 5.74) is 4.90. The summed E-state index contributed by atoms with van der Waals surface area (Å²) >= 11 is 0. The highest BCUT2D eigenvalue weighted by Crippen LogP contribution is 2.65. The molecule has 37 heavy (non-hydrogen) atoms. The maximum atomic E-state index is 12.9. The van der Waals surface area contributed by atoms with Crippen LogP contribution in [0.2, 0.25) is 0 Å². The Kier molecular flexibility index (Phi) is 5.66. The van der Waals surface area contributed by atoms with Crippen molar-refractivity contribution in [2.75, 3.05) is 0 Å². The van der Waals surface area contributed by atoms with Crippen molar-refractivity contribution in [1.29, 1.82) is 0 Å². The first-order chi connectivity index (χ1) is 17.7. The van der Waals surface area contributed by atoms with Gasteiger partial charge in [0.05, 0.1) is 16.9 Å². The molecule has 0 radical (unpaired) electrons. The summed E-state index contributed by atoms with van der Waals surface area (Å²) in [6, 6.07) is 5.98. The molecule has 7 nitrogen and oxygen atoms in total. The number of nitrogens with zero attached hydrogens (tertiary/aromatic N) is 3. The van der Waals surface area contributed by atoms with Crippen LogP contribution in [0.25, 0.3) is 5.70 Å². The highest BCUT2D eigenvalue weighted by Gasteiger charge is 2.57. The smallest absolute Gasteiger partial charge is 0.269 e. The van der Waals surface area contributed by atoms with E-state index in [0.717, 1.165) is 37.8 Å². The van der Waals surface area contributed by atoms with Crippen LogP contribution in [0.15, 0.2) is 54.5 Å². The van der Waals surface area contributed by atoms with Crippen LogP contribution in [0.4, 0.5) is 5.69 Å². The normalized spacial score (nSPS) is 34.5. The molecule has 2 saturated carbocycles. The lowest BCUT2D eigenvalue weighted by Gasteiger charge is -2.58. The lowest BCUT2D eigenvalue weighted by Crippen LogP contribution is -2.51. The molecule has 6 unspecified atom stereocenters. The molecule has 1 aromatic heterocycles. The van der Waals surface area contributed by atoms with E-state index < -0.39 is 4.92 Å². The number of allylic oxidation sites excluding steroid dienone is 3. The third kappa shape index (κ3) is 3.85. The van der Waals surface area contributed by atoms with Crippen LogP contribution in [0.5, 0.6) is 0 Å². The molecular weight excluding hydrogens is 464 g/mol. The summed E-state index contributed by atoms with van der Waals surface area (Å²) in [5.74, 6) is 1.90. The van der Waals surface area contributed by atoms with E-state index in [1.54, 1.807) is 12.1 Å². The number of nitrogens with one attached hydrogen (secondary N) is 1. The third-order valence-electron chi connectivity index (χ3n) is 10.3. The van der Waals surface area contributed by atoms with Crippen LogP contribution in [-0.4, -0.2) is 26.4 Å². The average Bonchev–Trinajstić information content (AvgIpc) is 3.46. The summed E-state index contributed by atoms with van der Waals surface area (Å²) < 4.78 is 2.26. The Balaban J connectivity index is 1.16. The van der Waals surface area contributed by atoms with Gasteiger partial charge >= 0.3 is 0 Å². The van der Waals surface area contributed by atoms with Crippen LogP contribution in [0, 0.1) is 45.6 Å². The number of non-ortho nitro benzene ring substituents is 1. The van der Waals surface area contributed by atoms with Gasteiger partial charge in [-0.3, -0.25) is 14.9 Å². The summed E-state index contributed by atoms with van der Waals surface area (Å²) in [4.78, 5) is 27.8. The second kappa shape index (κ2) is 8.67. The van der Waals surface area contributed by atoms with Gasteiger partial charge < -0.3 is 9.88 Å². The molecular formula is C30H36N4O3. The maximum absolute atomic E-state index is 12.9. The van der Waals surface area contributed by atoms with Gasteiger partial charge in [0.1, 0.15) is 0 Å². The molecule has 7 heteroatoms. The Morgan fingerprint density at radius 3 is 2.54 bits per heavy atom. The van der Waals surface area contributed by atoms with Crippen molar-refractivity contribution in [3.63, 3.8) is 0 Å². The summed E-state index contributed by atoms with van der Waals surface area (Å²) in [7, 11) is 0. The van der Waals surface area contributed by atoms with Crippen molar-refractivity contribution < 1.29 is 9.72 Å². The summed E-state index contributed by atoms with van der Waals surface area (Å²) in [6.45, 7) is 7.02. The molecule has 1 N–H and O–H groups in total. The first-order valence-electron chi connectivity index (χ1n) is 13.7. The van der Waals surface area contributed by atoms with E-state index >= 15 is 0 Å². The fourth-order valence-electron chi connectivity index (χ4n) is 8.29. The van der Waals surface area contributed by atoms with Gasteiger partial charge in [-0.1, -0.05) is 31.6 Å². The van der Waals surface area contributed by atoms with Crippen LogP contribution >= 0.6 is 0 Å². The first-order valence-corrected chi connectivity index (χ1v) is 13.7. The van der Waals surface area contributed by atoms with Crippen molar-refractivity contribution >= 4 is 17.3 Å². The van der Waals surface area contributed by atoms with E-state index in [2.05, 4.69) is 54.0 Å². The van der Waals surface area contributed by atoms with Crippen molar-refractivity contribution in [2.24, 2.45) is 28.6 Å². The van der Waals surface area contributed by atoms with Gasteiger partial charge in [-0.2, -0.15) is 0 Å². The average molecular weight is 501 g/mol. The molecule has 194 valence electrons. The van der Waals surface area contributed by atoms with E-state index in [-0.39, 0.29) is 28.5 Å². The zero-order valence-electron chi connectivity index (χ0n) is 21.9. The number of aromatic nitrogens is 2. The van der Waals surface area contributed by atoms with Crippen molar-refractivity contribution in [2.45, 2.75) is 71.8 Å². The molecule has 0 spiro atoms. The Labute approximate surface area is 218 Å². The molecule has 6 atom stereocenters. The molecule has 2 aromatic rings. The second-order valence-electron chi connectivity index (χ2n) is 12.2. The van der Waals surface area contributed by atoms with Gasteiger partial charge in [0.2, 0.25) is 0 Å². The minimum absolute atomic E-state index is 0.000187. The molecule has 0 saturated heterocycles. The Morgan fingerprint density at radius 1 is 1.08 bits per heavy atom. The van der Waals surface area contributed by atoms with E-state index in [4.69, 9.17) is 0 Å². The number of amides is 1. The second-order valence-corrected chi connectivity index (χ2v) is 12.2. The van der Waals surface area contributed by atoms with Gasteiger partial charge in [-0.25, -0.2) is 4.98 Å². The summed E-state index contributed by atoms with van der Waals surface area (Å²) in [5, 5.41) is 14.1. The van der Waals surface area contributed by atoms with Crippen LogP contribution < -0.4 is 5.32 Å². The largest absolute Gasteiger partial charge is 0.349 e. The number of fused-ring (bicyclic) bond motifs is 5. The molecule has 0 bridgehead atoms. The number of nitro benzene ring substituents is 1. The van der Waals surface area contributed by atoms with Crippen LogP contribution in [0.3, 0.4) is 0 Å². The molecule has 4 aliphatic carbocycles. The van der Waals surface area contributed by atoms with Crippen molar-refractivity contribution in [3.05, 3.63) is 75.9 Å². The Bertz CT molecular complexity index is 1310. The molecule has 2 fully saturated rings. The molecule has 0 aliphatic heterocycles. The molecule has 1 amide bonds. The zero-order chi connectivity index (χ0) is 25.9. The monoisotopic (exact) mass is 500 g/mol. The fraction of sp³-hybridized carbons (Fsp3) is 0.533. The van der Waals surface area contributed by atoms with Crippen LogP contribution in [0.1, 0.15) is 74.8 Å². The predicted octanol–water partition coefficient (Wildman–Crippen LogP) is 6.31. The number of carbonyl (C=O) groups excluding carboxylic acids is 1. The zero-order valence-corrected chi connectivity index (χ0v) is 21.9. The van der Waals surface area contributed by atoms with Gasteiger partial charge in [-0.15, -0.1) is 0 Å². The molecule has 6 rings (SSSR count). The van der Waals surface area contributed by atoms with E-state index in [1.165, 1.54) is 36.2 Å². The molecule has 1 aromatic carbocycles. The number of carbonyl (C=O) groups is 1. The number of aryl methyl sites for hydroxylation is 1. The minimum atomic E-state index is -0.443. The third-order valence-corrected chi connectivity index (χ3v) is 10.3. The highest BCUT2D eigenvalue weighted by molar-refractivity contribution is 5.94. The number of hydrogen-bond donors (Lipinski definition) is 1. The van der Waals surface area contributed by atoms with Crippen molar-refractivity contribution in [1.82, 2.24) is 14.9 Å². The standard InChI is InChI=1S/C30H36N4O3/c1-19-17-33(18-31-19)27-11-10-25-24-9-6-21-16-22(12-14-29(21,2)26(24)13-15-30(25,27)3)32-28(35)20-4-7-23(8-5-20)34(36)37/h4-8,11,17-18,22,24-26H,9-10,12-16H2,1-3H3,(H,32,35). The van der Waals surface area contributed by atoms with Crippen molar-refractivity contribution in [3.8, 4) is 0 Å². The number of rotatable bonds is 4. The minimum Gasteiger partial charge on any atom is -0.349 e. The molecule has 1 heterocycles. The number of nitro groups is 1. The number of benzene rings is 1. The first kappa shape index (κ1) is 24.1. The number of hydrogen-bond acceptors (Lipinski definition) is 4. The van der Waals surface area contributed by atoms with E-state index in [0.29, 0.717) is 23.3 Å². The van der Waals surface area contributed by atoms with E-state index in [1.807, 2.05) is 6.33 Å². The summed E-state index contributed by atoms with van der Waals surface area (Å²) in [6.07, 6.45) is 16.8. The molecule has 4 aliphatic rings. The quantitative estimate of drug-likeness (QED) is 0.302. The number of imidazole rings is 1. The van der Waals surface area contributed by atoms with Gasteiger partial charge in [0.15, 0.2) is 0 Å². The van der Waals surface area contributed by atoms with Gasteiger partial charge in [-0.05, 0) is 87.2 Å². The predicted molar refractivity (Wildman–Crippen MR) is 143 cm³/mol. The fourth-order valence-corrected chi connectivity index (χ4v) is 8.29. The van der Waals surface area contributed by atoms with E-state index in [9.17, 15) is 14.9 Å². The lowest BCUT2D eigenvalue weighted by molar-refractivity contribution is -0.384. The maximum Gasteiger partial charge on any atom is 0.269 e. The Morgan fingerprint density at radius 2 is 1.84 bits per heavy atom. The van der Waals surface area contributed by atoms with Gasteiger partial charge in [0.25, 0.3) is 11.6 Å². The highest BCUT2D eigenvalue weighted by atomic mass is 16.6. The van der Waals surface area contributed by atoms with Crippen LogP contribution in [-0.2, 0) is 0 Å². The topological polar surface area (TPSA) is 90.1 Å².